The molecule has 0 bridgehead atoms. The van der Waals surface area contributed by atoms with E-state index in [2.05, 4.69) is 80.5 Å². The molecule has 184 valence electrons. The normalized spacial score (nSPS) is 15.8. The van der Waals surface area contributed by atoms with E-state index in [1.54, 1.807) is 11.3 Å². The number of tetrazole rings is 1. The molecule has 3 heterocycles. The van der Waals surface area contributed by atoms with Crippen molar-refractivity contribution in [1.29, 1.82) is 0 Å². The second-order valence-electron chi connectivity index (χ2n) is 9.85. The lowest BCUT2D eigenvalue weighted by atomic mass is 9.95. The Bertz CT molecular complexity index is 1340. The van der Waals surface area contributed by atoms with E-state index in [1.807, 2.05) is 6.07 Å². The zero-order chi connectivity index (χ0) is 24.4. The number of nitrogens with zero attached hydrogens (tertiary/aromatic N) is 5. The third-order valence-electron chi connectivity index (χ3n) is 7.27. The summed E-state index contributed by atoms with van der Waals surface area (Å²) >= 11 is 1.74. The van der Waals surface area contributed by atoms with Crippen LogP contribution in [0.25, 0.3) is 10.9 Å². The fourth-order valence-corrected chi connectivity index (χ4v) is 6.27. The number of nitrogens with one attached hydrogen (secondary N) is 1. The Morgan fingerprint density at radius 1 is 1.17 bits per heavy atom. The van der Waals surface area contributed by atoms with Crippen molar-refractivity contribution in [2.45, 2.75) is 84.5 Å². The standard InChI is InChI=1S/C27H34N6OS/c1-4-25(26-29-30-31-33(26)21-9-6-5-7-10-21)32(17-22-11-8-12-35-22)16-20-15-23-19(3)13-18(2)14-24(23)28-27(20)34/h8,11-15,21,25H,4-7,9-10,16-17H2,1-3H3,(H,28,34)/t25-/m1/s1. The van der Waals surface area contributed by atoms with Gasteiger partial charge in [0.2, 0.25) is 0 Å². The number of benzene rings is 1. The molecule has 1 aliphatic rings. The average Bonchev–Trinajstić information content (AvgIpc) is 3.53. The summed E-state index contributed by atoms with van der Waals surface area (Å²) in [6, 6.07) is 10.9. The van der Waals surface area contributed by atoms with Gasteiger partial charge in [0.05, 0.1) is 12.1 Å². The second kappa shape index (κ2) is 10.4. The number of fused-ring (bicyclic) bond motifs is 1. The van der Waals surface area contributed by atoms with E-state index in [9.17, 15) is 4.79 Å². The summed E-state index contributed by atoms with van der Waals surface area (Å²) in [7, 11) is 0. The Hall–Kier alpha value is -2.84. The Morgan fingerprint density at radius 2 is 2.00 bits per heavy atom. The number of aromatic nitrogens is 5. The molecule has 0 aliphatic heterocycles. The molecule has 0 radical (unpaired) electrons. The maximum atomic E-state index is 13.2. The van der Waals surface area contributed by atoms with Crippen molar-refractivity contribution in [3.63, 3.8) is 0 Å². The number of aromatic amines is 1. The SMILES string of the molecule is CC[C@H](c1nnnn1C1CCCCC1)N(Cc1cccs1)Cc1cc2c(C)cc(C)cc2[nH]c1=O. The highest BCUT2D eigenvalue weighted by Gasteiger charge is 2.29. The zero-order valence-electron chi connectivity index (χ0n) is 20.8. The van der Waals surface area contributed by atoms with Gasteiger partial charge in [-0.15, -0.1) is 16.4 Å². The second-order valence-corrected chi connectivity index (χ2v) is 10.9. The third-order valence-corrected chi connectivity index (χ3v) is 8.13. The predicted octanol–water partition coefficient (Wildman–Crippen LogP) is 5.85. The van der Waals surface area contributed by atoms with Crippen LogP contribution in [0.4, 0.5) is 0 Å². The van der Waals surface area contributed by atoms with Crippen molar-refractivity contribution in [1.82, 2.24) is 30.1 Å². The van der Waals surface area contributed by atoms with Crippen molar-refractivity contribution in [3.05, 3.63) is 73.5 Å². The van der Waals surface area contributed by atoms with E-state index in [0.29, 0.717) is 12.6 Å². The molecule has 1 fully saturated rings. The van der Waals surface area contributed by atoms with Crippen LogP contribution in [0.15, 0.2) is 40.5 Å². The molecule has 0 unspecified atom stereocenters. The Balaban J connectivity index is 1.52. The van der Waals surface area contributed by atoms with Crippen LogP contribution < -0.4 is 5.56 Å². The molecular formula is C27H34N6OS. The molecule has 1 N–H and O–H groups in total. The van der Waals surface area contributed by atoms with Crippen molar-refractivity contribution in [2.24, 2.45) is 0 Å². The van der Waals surface area contributed by atoms with Gasteiger partial charge in [-0.2, -0.15) is 0 Å². The summed E-state index contributed by atoms with van der Waals surface area (Å²) in [5.74, 6) is 0.917. The van der Waals surface area contributed by atoms with Crippen LogP contribution >= 0.6 is 11.3 Å². The lowest BCUT2D eigenvalue weighted by molar-refractivity contribution is 0.157. The average molecular weight is 491 g/mol. The number of hydrogen-bond donors (Lipinski definition) is 1. The third kappa shape index (κ3) is 5.09. The molecule has 0 saturated heterocycles. The van der Waals surface area contributed by atoms with Crippen molar-refractivity contribution in [3.8, 4) is 0 Å². The maximum Gasteiger partial charge on any atom is 0.252 e. The minimum Gasteiger partial charge on any atom is -0.322 e. The first kappa shape index (κ1) is 23.9. The predicted molar refractivity (Wildman–Crippen MR) is 141 cm³/mol. The number of H-pyrrole nitrogens is 1. The van der Waals surface area contributed by atoms with Gasteiger partial charge >= 0.3 is 0 Å². The van der Waals surface area contributed by atoms with Crippen LogP contribution in [0.5, 0.6) is 0 Å². The molecule has 5 rings (SSSR count). The lowest BCUT2D eigenvalue weighted by Gasteiger charge is -2.31. The number of thiophene rings is 1. The zero-order valence-corrected chi connectivity index (χ0v) is 21.6. The Morgan fingerprint density at radius 3 is 2.74 bits per heavy atom. The first-order chi connectivity index (χ1) is 17.0. The molecule has 7 nitrogen and oxygen atoms in total. The molecule has 0 spiro atoms. The van der Waals surface area contributed by atoms with E-state index in [4.69, 9.17) is 0 Å². The number of hydrogen-bond acceptors (Lipinski definition) is 6. The summed E-state index contributed by atoms with van der Waals surface area (Å²) in [4.78, 5) is 20.0. The monoisotopic (exact) mass is 490 g/mol. The van der Waals surface area contributed by atoms with Crippen LogP contribution in [0, 0.1) is 13.8 Å². The van der Waals surface area contributed by atoms with Crippen molar-refractivity contribution < 1.29 is 0 Å². The van der Waals surface area contributed by atoms with Gasteiger partial charge in [0, 0.05) is 34.4 Å². The minimum atomic E-state index is -0.0274. The van der Waals surface area contributed by atoms with Crippen LogP contribution in [0.2, 0.25) is 0 Å². The minimum absolute atomic E-state index is 0.0169. The van der Waals surface area contributed by atoms with Crippen LogP contribution in [-0.2, 0) is 13.1 Å². The molecule has 0 amide bonds. The van der Waals surface area contributed by atoms with Gasteiger partial charge in [0.1, 0.15) is 0 Å². The highest BCUT2D eigenvalue weighted by Crippen LogP contribution is 2.33. The summed E-state index contributed by atoms with van der Waals surface area (Å²) in [5, 5.41) is 16.3. The quantitative estimate of drug-likeness (QED) is 0.335. The fraction of sp³-hybridized carbons (Fsp3) is 0.481. The molecule has 1 atom stereocenters. The summed E-state index contributed by atoms with van der Waals surface area (Å²) in [6.07, 6.45) is 6.86. The van der Waals surface area contributed by atoms with Crippen molar-refractivity contribution in [2.75, 3.05) is 0 Å². The largest absolute Gasteiger partial charge is 0.322 e. The van der Waals surface area contributed by atoms with Gasteiger partial charge in [0.15, 0.2) is 5.82 Å². The highest BCUT2D eigenvalue weighted by atomic mass is 32.1. The molecule has 1 aliphatic carbocycles. The fourth-order valence-electron chi connectivity index (χ4n) is 5.54. The first-order valence-electron chi connectivity index (χ1n) is 12.7. The number of rotatable bonds is 8. The van der Waals surface area contributed by atoms with Gasteiger partial charge in [-0.3, -0.25) is 9.69 Å². The molecular weight excluding hydrogens is 456 g/mol. The van der Waals surface area contributed by atoms with E-state index in [-0.39, 0.29) is 11.6 Å². The molecule has 3 aromatic heterocycles. The van der Waals surface area contributed by atoms with Gasteiger partial charge in [-0.1, -0.05) is 38.3 Å². The summed E-state index contributed by atoms with van der Waals surface area (Å²) < 4.78 is 2.08. The molecule has 4 aromatic rings. The lowest BCUT2D eigenvalue weighted by Crippen LogP contribution is -2.33. The Kier molecular flexibility index (Phi) is 7.11. The highest BCUT2D eigenvalue weighted by molar-refractivity contribution is 7.09. The van der Waals surface area contributed by atoms with Crippen molar-refractivity contribution >= 4 is 22.2 Å². The number of pyridine rings is 1. The van der Waals surface area contributed by atoms with Gasteiger partial charge in [0.25, 0.3) is 5.56 Å². The molecule has 35 heavy (non-hydrogen) atoms. The first-order valence-corrected chi connectivity index (χ1v) is 13.6. The van der Waals surface area contributed by atoms with E-state index in [0.717, 1.165) is 53.7 Å². The van der Waals surface area contributed by atoms with Gasteiger partial charge in [-0.05, 0) is 78.2 Å². The molecule has 8 heteroatoms. The topological polar surface area (TPSA) is 79.7 Å². The van der Waals surface area contributed by atoms with E-state index in [1.165, 1.54) is 29.7 Å². The smallest absolute Gasteiger partial charge is 0.252 e. The van der Waals surface area contributed by atoms with Gasteiger partial charge in [-0.25, -0.2) is 4.68 Å². The summed E-state index contributed by atoms with van der Waals surface area (Å²) in [5.41, 5.74) is 3.97. The van der Waals surface area contributed by atoms with E-state index < -0.39 is 0 Å². The van der Waals surface area contributed by atoms with Crippen LogP contribution in [-0.4, -0.2) is 30.1 Å². The van der Waals surface area contributed by atoms with Gasteiger partial charge < -0.3 is 4.98 Å². The van der Waals surface area contributed by atoms with Crippen LogP contribution in [0.1, 0.15) is 84.9 Å². The Labute approximate surface area is 210 Å². The molecule has 1 aromatic carbocycles. The van der Waals surface area contributed by atoms with Crippen LogP contribution in [0.3, 0.4) is 0 Å². The number of aryl methyl sites for hydroxylation is 2. The maximum absolute atomic E-state index is 13.2. The van der Waals surface area contributed by atoms with E-state index >= 15 is 0 Å². The molecule has 1 saturated carbocycles. The summed E-state index contributed by atoms with van der Waals surface area (Å²) in [6.45, 7) is 7.63.